The lowest BCUT2D eigenvalue weighted by molar-refractivity contribution is -0.191. The Labute approximate surface area is 140 Å². The summed E-state index contributed by atoms with van der Waals surface area (Å²) in [7, 11) is 0. The molecule has 25 heavy (non-hydrogen) atoms. The number of anilines is 1. The van der Waals surface area contributed by atoms with E-state index in [0.717, 1.165) is 0 Å². The Morgan fingerprint density at radius 1 is 1.32 bits per heavy atom. The van der Waals surface area contributed by atoms with E-state index in [-0.39, 0.29) is 19.5 Å². The van der Waals surface area contributed by atoms with Gasteiger partial charge in [0.15, 0.2) is 0 Å². The number of carbonyl (C=O) groups is 1. The zero-order valence-corrected chi connectivity index (χ0v) is 13.0. The lowest BCUT2D eigenvalue weighted by Crippen LogP contribution is -2.37. The smallest absolute Gasteiger partial charge is 0.369 e. The third-order valence-corrected chi connectivity index (χ3v) is 5.54. The molecule has 2 aliphatic rings. The van der Waals surface area contributed by atoms with Gasteiger partial charge in [-0.3, -0.25) is 9.78 Å². The Bertz CT molecular complexity index is 951. The number of aromatic nitrogens is 1. The van der Waals surface area contributed by atoms with E-state index < -0.39 is 22.9 Å². The van der Waals surface area contributed by atoms with Crippen LogP contribution >= 0.6 is 0 Å². The third-order valence-electron chi connectivity index (χ3n) is 5.54. The maximum absolute atomic E-state index is 13.6. The fourth-order valence-electron chi connectivity index (χ4n) is 4.15. The molecule has 0 spiro atoms. The number of rotatable bonds is 2. The number of primary amides is 1. The molecule has 1 saturated heterocycles. The second kappa shape index (κ2) is 4.63. The van der Waals surface area contributed by atoms with Crippen molar-refractivity contribution in [2.45, 2.75) is 12.6 Å². The Hall–Kier alpha value is -2.82. The van der Waals surface area contributed by atoms with Crippen molar-refractivity contribution < 1.29 is 18.0 Å². The SMILES string of the molecule is N#Cc1ccc(N2CC3(C(N)=O)CC3(C(F)(F)F)C2)c2cccnc12. The van der Waals surface area contributed by atoms with Crippen LogP contribution in [0.1, 0.15) is 12.0 Å². The molecule has 0 radical (unpaired) electrons. The van der Waals surface area contributed by atoms with Gasteiger partial charge in [0.2, 0.25) is 5.91 Å². The van der Waals surface area contributed by atoms with Gasteiger partial charge in [0.25, 0.3) is 0 Å². The molecule has 2 unspecified atom stereocenters. The fraction of sp³-hybridized carbons (Fsp3) is 0.353. The van der Waals surface area contributed by atoms with E-state index >= 15 is 0 Å². The molecule has 128 valence electrons. The van der Waals surface area contributed by atoms with Crippen LogP contribution in [0, 0.1) is 22.2 Å². The van der Waals surface area contributed by atoms with Crippen LogP contribution in [0.25, 0.3) is 10.9 Å². The minimum atomic E-state index is -4.50. The number of amides is 1. The zero-order chi connectivity index (χ0) is 18.0. The molecule has 1 aromatic carbocycles. The predicted octanol–water partition coefficient (Wildman–Crippen LogP) is 2.35. The highest BCUT2D eigenvalue weighted by atomic mass is 19.4. The van der Waals surface area contributed by atoms with E-state index in [9.17, 15) is 23.2 Å². The van der Waals surface area contributed by atoms with E-state index in [1.54, 1.807) is 18.2 Å². The molecule has 8 heteroatoms. The van der Waals surface area contributed by atoms with Gasteiger partial charge in [-0.2, -0.15) is 18.4 Å². The molecule has 2 atom stereocenters. The van der Waals surface area contributed by atoms with Crippen molar-refractivity contribution >= 4 is 22.5 Å². The van der Waals surface area contributed by atoms with Crippen molar-refractivity contribution in [2.75, 3.05) is 18.0 Å². The lowest BCUT2D eigenvalue weighted by atomic mass is 9.95. The standard InChI is InChI=1S/C17H13F3N4O/c18-17(19,20)16-7-15(16,14(22)25)8-24(9-16)12-4-3-10(6-21)13-11(12)2-1-5-23-13/h1-5H,7-9H2,(H2,22,25). The monoisotopic (exact) mass is 346 g/mol. The maximum Gasteiger partial charge on any atom is 0.397 e. The molecule has 1 aromatic heterocycles. The average molecular weight is 346 g/mol. The number of fused-ring (bicyclic) bond motifs is 2. The number of hydrogen-bond donors (Lipinski definition) is 1. The van der Waals surface area contributed by atoms with Crippen LogP contribution in [0.3, 0.4) is 0 Å². The van der Waals surface area contributed by atoms with Gasteiger partial charge in [0.05, 0.1) is 16.5 Å². The molecule has 5 nitrogen and oxygen atoms in total. The highest BCUT2D eigenvalue weighted by Crippen LogP contribution is 2.74. The lowest BCUT2D eigenvalue weighted by Gasteiger charge is -2.25. The first-order valence-corrected chi connectivity index (χ1v) is 7.65. The van der Waals surface area contributed by atoms with E-state index in [1.165, 1.54) is 17.2 Å². The van der Waals surface area contributed by atoms with Crippen molar-refractivity contribution in [3.8, 4) is 6.07 Å². The number of piperidine rings is 1. The first-order valence-electron chi connectivity index (χ1n) is 7.65. The Kier molecular flexibility index (Phi) is 2.90. The fourth-order valence-corrected chi connectivity index (χ4v) is 4.15. The van der Waals surface area contributed by atoms with Crippen molar-refractivity contribution in [3.63, 3.8) is 0 Å². The molecule has 1 aliphatic heterocycles. The third kappa shape index (κ3) is 1.83. The predicted molar refractivity (Wildman–Crippen MR) is 83.4 cm³/mol. The topological polar surface area (TPSA) is 83.0 Å². The van der Waals surface area contributed by atoms with Gasteiger partial charge < -0.3 is 10.6 Å². The molecule has 0 bridgehead atoms. The number of carbonyl (C=O) groups excluding carboxylic acids is 1. The molecule has 2 N–H and O–H groups in total. The highest BCUT2D eigenvalue weighted by molar-refractivity contribution is 5.96. The number of nitriles is 1. The quantitative estimate of drug-likeness (QED) is 0.905. The summed E-state index contributed by atoms with van der Waals surface area (Å²) < 4.78 is 40.9. The Morgan fingerprint density at radius 2 is 2.08 bits per heavy atom. The number of halogens is 3. The van der Waals surface area contributed by atoms with E-state index in [1.807, 2.05) is 6.07 Å². The van der Waals surface area contributed by atoms with Gasteiger partial charge in [-0.1, -0.05) is 0 Å². The zero-order valence-electron chi connectivity index (χ0n) is 13.0. The van der Waals surface area contributed by atoms with Crippen LogP contribution in [0.2, 0.25) is 0 Å². The minimum Gasteiger partial charge on any atom is -0.369 e. The van der Waals surface area contributed by atoms with Crippen LogP contribution in [0.15, 0.2) is 30.5 Å². The molecule has 1 amide bonds. The van der Waals surface area contributed by atoms with Crippen molar-refractivity contribution in [2.24, 2.45) is 16.6 Å². The number of alkyl halides is 3. The number of nitrogens with two attached hydrogens (primary N) is 1. The van der Waals surface area contributed by atoms with Crippen molar-refractivity contribution in [1.29, 1.82) is 5.26 Å². The number of nitrogens with zero attached hydrogens (tertiary/aromatic N) is 3. The average Bonchev–Trinajstić information content (AvgIpc) is 3.12. The van der Waals surface area contributed by atoms with Crippen LogP contribution in [0.5, 0.6) is 0 Å². The summed E-state index contributed by atoms with van der Waals surface area (Å²) in [4.78, 5) is 17.5. The summed E-state index contributed by atoms with van der Waals surface area (Å²) in [6.07, 6.45) is -3.24. The van der Waals surface area contributed by atoms with Crippen molar-refractivity contribution in [1.82, 2.24) is 4.98 Å². The van der Waals surface area contributed by atoms with Crippen LogP contribution in [-0.2, 0) is 4.79 Å². The van der Waals surface area contributed by atoms with Crippen molar-refractivity contribution in [3.05, 3.63) is 36.0 Å². The largest absolute Gasteiger partial charge is 0.397 e. The van der Waals surface area contributed by atoms with Crippen LogP contribution < -0.4 is 10.6 Å². The minimum absolute atomic E-state index is 0.0856. The first kappa shape index (κ1) is 15.7. The van der Waals surface area contributed by atoms with E-state index in [0.29, 0.717) is 22.2 Å². The van der Waals surface area contributed by atoms with Gasteiger partial charge in [-0.05, 0) is 30.7 Å². The second-order valence-electron chi connectivity index (χ2n) is 6.70. The molecule has 1 aliphatic carbocycles. The van der Waals surface area contributed by atoms with E-state index in [4.69, 9.17) is 5.73 Å². The number of benzene rings is 1. The Morgan fingerprint density at radius 3 is 2.68 bits per heavy atom. The summed E-state index contributed by atoms with van der Waals surface area (Å²) in [5, 5.41) is 9.77. The molecule has 2 aromatic rings. The van der Waals surface area contributed by atoms with E-state index in [2.05, 4.69) is 4.98 Å². The molecular weight excluding hydrogens is 333 g/mol. The first-order chi connectivity index (χ1) is 11.8. The summed E-state index contributed by atoms with van der Waals surface area (Å²) in [6, 6.07) is 8.53. The van der Waals surface area contributed by atoms with Gasteiger partial charge in [0.1, 0.15) is 11.5 Å². The summed E-state index contributed by atoms with van der Waals surface area (Å²) in [5.41, 5.74) is 2.97. The molecule has 1 saturated carbocycles. The summed E-state index contributed by atoms with van der Waals surface area (Å²) in [6.45, 7) is -0.410. The maximum atomic E-state index is 13.6. The number of hydrogen-bond acceptors (Lipinski definition) is 4. The van der Waals surface area contributed by atoms with Gasteiger partial charge in [-0.25, -0.2) is 0 Å². The summed E-state index contributed by atoms with van der Waals surface area (Å²) in [5.74, 6) is -0.914. The van der Waals surface area contributed by atoms with Gasteiger partial charge in [-0.15, -0.1) is 0 Å². The van der Waals surface area contributed by atoms with Gasteiger partial charge in [0, 0.05) is 30.4 Å². The normalized spacial score (nSPS) is 27.8. The van der Waals surface area contributed by atoms with Crippen LogP contribution in [0.4, 0.5) is 18.9 Å². The molecule has 4 rings (SSSR count). The molecule has 2 heterocycles. The molecular formula is C17H13F3N4O. The summed E-state index contributed by atoms with van der Waals surface area (Å²) >= 11 is 0. The second-order valence-corrected chi connectivity index (χ2v) is 6.70. The Balaban J connectivity index is 1.83. The highest BCUT2D eigenvalue weighted by Gasteiger charge is 2.85. The molecule has 2 fully saturated rings. The van der Waals surface area contributed by atoms with Gasteiger partial charge >= 0.3 is 6.18 Å². The van der Waals surface area contributed by atoms with Crippen LogP contribution in [-0.4, -0.2) is 30.2 Å². The number of pyridine rings is 1.